The van der Waals surface area contributed by atoms with E-state index in [0.29, 0.717) is 29.0 Å². The molecule has 1 heterocycles. The lowest BCUT2D eigenvalue weighted by atomic mass is 10.1. The maximum atomic E-state index is 5.87. The number of benzene rings is 1. The minimum Gasteiger partial charge on any atom is -0.490 e. The number of rotatable bonds is 5. The fourth-order valence-electron chi connectivity index (χ4n) is 1.45. The Morgan fingerprint density at radius 2 is 2.00 bits per heavy atom. The monoisotopic (exact) mass is 258 g/mol. The molecule has 2 nitrogen and oxygen atoms in total. The van der Waals surface area contributed by atoms with Crippen LogP contribution in [0.25, 0.3) is 0 Å². The number of ether oxygens (including phenoxy) is 2. The maximum Gasteiger partial charge on any atom is 0.129 e. The molecule has 0 spiro atoms. The third-order valence-corrected chi connectivity index (χ3v) is 2.84. The Kier molecular flexibility index (Phi) is 3.43. The molecule has 4 heteroatoms. The van der Waals surface area contributed by atoms with Crippen molar-refractivity contribution >= 4 is 23.2 Å². The number of hydrogen-bond acceptors (Lipinski definition) is 2. The predicted molar refractivity (Wildman–Crippen MR) is 65.5 cm³/mol. The van der Waals surface area contributed by atoms with Crippen LogP contribution in [-0.4, -0.2) is 18.8 Å². The topological polar surface area (TPSA) is 21.8 Å². The largest absolute Gasteiger partial charge is 0.490 e. The average molecular weight is 259 g/mol. The van der Waals surface area contributed by atoms with Gasteiger partial charge < -0.3 is 9.47 Å². The Hall–Kier alpha value is -0.700. The molecule has 0 amide bonds. The van der Waals surface area contributed by atoms with Gasteiger partial charge in [0.1, 0.15) is 18.0 Å². The van der Waals surface area contributed by atoms with Gasteiger partial charge in [0, 0.05) is 10.0 Å². The molecule has 1 saturated heterocycles. The molecule has 86 valence electrons. The minimum absolute atomic E-state index is 0.184. The van der Waals surface area contributed by atoms with Crippen molar-refractivity contribution in [3.63, 3.8) is 0 Å². The molecule has 0 N–H and O–H groups in total. The standard InChI is InChI=1S/C12H12Cl2O2/c1-2-3-12(8-16-12)7-15-11-5-9(13)4-10(14)6-11/h2,4-6H,1,3,7-8H2. The Bertz CT molecular complexity index is 380. The highest BCUT2D eigenvalue weighted by Crippen LogP contribution is 2.33. The predicted octanol–water partition coefficient (Wildman–Crippen LogP) is 3.72. The first-order chi connectivity index (χ1) is 7.63. The van der Waals surface area contributed by atoms with Crippen molar-refractivity contribution in [3.8, 4) is 5.75 Å². The van der Waals surface area contributed by atoms with Crippen molar-refractivity contribution in [1.29, 1.82) is 0 Å². The second-order valence-electron chi connectivity index (χ2n) is 3.86. The smallest absolute Gasteiger partial charge is 0.129 e. The number of halogens is 2. The van der Waals surface area contributed by atoms with Crippen molar-refractivity contribution in [2.24, 2.45) is 0 Å². The van der Waals surface area contributed by atoms with Crippen LogP contribution in [-0.2, 0) is 4.74 Å². The fourth-order valence-corrected chi connectivity index (χ4v) is 1.96. The molecular formula is C12H12Cl2O2. The summed E-state index contributed by atoms with van der Waals surface area (Å²) in [6, 6.07) is 5.14. The van der Waals surface area contributed by atoms with Crippen LogP contribution in [0, 0.1) is 0 Å². The van der Waals surface area contributed by atoms with E-state index in [1.165, 1.54) is 0 Å². The van der Waals surface area contributed by atoms with Gasteiger partial charge in [-0.25, -0.2) is 0 Å². The normalized spacial score (nSPS) is 22.9. The summed E-state index contributed by atoms with van der Waals surface area (Å²) in [5.41, 5.74) is -0.184. The first-order valence-electron chi connectivity index (χ1n) is 4.97. The van der Waals surface area contributed by atoms with E-state index in [1.807, 2.05) is 6.08 Å². The molecule has 1 atom stereocenters. The second-order valence-corrected chi connectivity index (χ2v) is 4.73. The van der Waals surface area contributed by atoms with Crippen LogP contribution in [0.15, 0.2) is 30.9 Å². The van der Waals surface area contributed by atoms with Gasteiger partial charge in [0.2, 0.25) is 0 Å². The SMILES string of the molecule is C=CCC1(COc2cc(Cl)cc(Cl)c2)CO1. The van der Waals surface area contributed by atoms with E-state index in [2.05, 4.69) is 6.58 Å². The maximum absolute atomic E-state index is 5.87. The lowest BCUT2D eigenvalue weighted by Gasteiger charge is -2.11. The summed E-state index contributed by atoms with van der Waals surface area (Å²) in [7, 11) is 0. The van der Waals surface area contributed by atoms with Crippen LogP contribution in [0.5, 0.6) is 5.75 Å². The van der Waals surface area contributed by atoms with Gasteiger partial charge in [0.05, 0.1) is 6.61 Å². The van der Waals surface area contributed by atoms with Gasteiger partial charge in [0.25, 0.3) is 0 Å². The van der Waals surface area contributed by atoms with Crippen LogP contribution in [0.2, 0.25) is 10.0 Å². The minimum atomic E-state index is -0.184. The molecule has 1 aromatic carbocycles. The van der Waals surface area contributed by atoms with Crippen molar-refractivity contribution in [2.45, 2.75) is 12.0 Å². The Balaban J connectivity index is 1.97. The molecule has 1 aliphatic heterocycles. The van der Waals surface area contributed by atoms with Crippen molar-refractivity contribution in [1.82, 2.24) is 0 Å². The molecule has 1 aromatic rings. The van der Waals surface area contributed by atoms with Gasteiger partial charge in [0.15, 0.2) is 0 Å². The molecule has 1 aliphatic rings. The Morgan fingerprint density at radius 1 is 1.38 bits per heavy atom. The van der Waals surface area contributed by atoms with Crippen molar-refractivity contribution in [3.05, 3.63) is 40.9 Å². The van der Waals surface area contributed by atoms with Gasteiger partial charge in [-0.2, -0.15) is 0 Å². The highest BCUT2D eigenvalue weighted by molar-refractivity contribution is 6.34. The lowest BCUT2D eigenvalue weighted by Crippen LogP contribution is -2.20. The van der Waals surface area contributed by atoms with Gasteiger partial charge in [-0.3, -0.25) is 0 Å². The van der Waals surface area contributed by atoms with Crippen molar-refractivity contribution < 1.29 is 9.47 Å². The first-order valence-corrected chi connectivity index (χ1v) is 5.73. The summed E-state index contributed by atoms with van der Waals surface area (Å²) in [4.78, 5) is 0. The first kappa shape index (κ1) is 11.8. The molecule has 0 aliphatic carbocycles. The van der Waals surface area contributed by atoms with Gasteiger partial charge >= 0.3 is 0 Å². The van der Waals surface area contributed by atoms with Crippen LogP contribution >= 0.6 is 23.2 Å². The van der Waals surface area contributed by atoms with Gasteiger partial charge in [-0.1, -0.05) is 29.3 Å². The molecular weight excluding hydrogens is 247 g/mol. The van der Waals surface area contributed by atoms with Gasteiger partial charge in [-0.15, -0.1) is 6.58 Å². The van der Waals surface area contributed by atoms with Crippen LogP contribution < -0.4 is 4.74 Å². The third-order valence-electron chi connectivity index (χ3n) is 2.41. The quantitative estimate of drug-likeness (QED) is 0.593. The molecule has 1 fully saturated rings. The summed E-state index contributed by atoms with van der Waals surface area (Å²) >= 11 is 11.7. The Morgan fingerprint density at radius 3 is 2.50 bits per heavy atom. The van der Waals surface area contributed by atoms with E-state index < -0.39 is 0 Å². The average Bonchev–Trinajstić information content (AvgIpc) is 2.95. The van der Waals surface area contributed by atoms with E-state index in [4.69, 9.17) is 32.7 Å². The summed E-state index contributed by atoms with van der Waals surface area (Å²) < 4.78 is 11.0. The molecule has 0 radical (unpaired) electrons. The van der Waals surface area contributed by atoms with Crippen LogP contribution in [0.3, 0.4) is 0 Å². The second kappa shape index (κ2) is 4.66. The highest BCUT2D eigenvalue weighted by Gasteiger charge is 2.44. The Labute approximate surface area is 105 Å². The fraction of sp³-hybridized carbons (Fsp3) is 0.333. The van der Waals surface area contributed by atoms with Crippen molar-refractivity contribution in [2.75, 3.05) is 13.2 Å². The van der Waals surface area contributed by atoms with E-state index in [1.54, 1.807) is 18.2 Å². The summed E-state index contributed by atoms with van der Waals surface area (Å²) in [6.45, 7) is 4.90. The molecule has 1 unspecified atom stereocenters. The van der Waals surface area contributed by atoms with E-state index in [9.17, 15) is 0 Å². The van der Waals surface area contributed by atoms with Crippen LogP contribution in [0.4, 0.5) is 0 Å². The summed E-state index contributed by atoms with van der Waals surface area (Å²) in [5, 5.41) is 1.13. The lowest BCUT2D eigenvalue weighted by molar-refractivity contribution is 0.190. The third kappa shape index (κ3) is 2.91. The van der Waals surface area contributed by atoms with E-state index in [-0.39, 0.29) is 5.60 Å². The zero-order valence-electron chi connectivity index (χ0n) is 8.71. The molecule has 0 bridgehead atoms. The van der Waals surface area contributed by atoms with E-state index in [0.717, 1.165) is 6.42 Å². The van der Waals surface area contributed by atoms with Gasteiger partial charge in [-0.05, 0) is 24.6 Å². The van der Waals surface area contributed by atoms with E-state index >= 15 is 0 Å². The summed E-state index contributed by atoms with van der Waals surface area (Å²) in [5.74, 6) is 0.663. The van der Waals surface area contributed by atoms with Crippen LogP contribution in [0.1, 0.15) is 6.42 Å². The number of epoxide rings is 1. The highest BCUT2D eigenvalue weighted by atomic mass is 35.5. The summed E-state index contributed by atoms with van der Waals surface area (Å²) in [6.07, 6.45) is 2.63. The molecule has 0 aromatic heterocycles. The molecule has 16 heavy (non-hydrogen) atoms. The molecule has 0 saturated carbocycles. The zero-order chi connectivity index (χ0) is 11.6. The zero-order valence-corrected chi connectivity index (χ0v) is 10.2. The molecule has 2 rings (SSSR count). The number of hydrogen-bond donors (Lipinski definition) is 0.